The summed E-state index contributed by atoms with van der Waals surface area (Å²) in [4.78, 5) is 12.4. The number of carbonyl (C=O) groups is 1. The number of hydrogen-bond donors (Lipinski definition) is 1. The number of aryl methyl sites for hydroxylation is 1. The smallest absolute Gasteiger partial charge is 0.416 e. The molecule has 0 aliphatic carbocycles. The van der Waals surface area contributed by atoms with E-state index in [1.807, 2.05) is 32.9 Å². The molecule has 32 heavy (non-hydrogen) atoms. The second kappa shape index (κ2) is 10.9. The van der Waals surface area contributed by atoms with Crippen molar-refractivity contribution in [1.29, 1.82) is 5.26 Å². The fourth-order valence-corrected chi connectivity index (χ4v) is 3.44. The van der Waals surface area contributed by atoms with Crippen LogP contribution in [-0.2, 0) is 15.7 Å². The summed E-state index contributed by atoms with van der Waals surface area (Å²) in [6.07, 6.45) is -2.95. The molecular formula is C23H26F3N3O3. The second-order valence-electron chi connectivity index (χ2n) is 7.30. The molecule has 0 aliphatic rings. The molecule has 2 rings (SSSR count). The molecule has 0 saturated carbocycles. The highest BCUT2D eigenvalue weighted by molar-refractivity contribution is 6.01. The lowest BCUT2D eigenvalue weighted by atomic mass is 10.1. The van der Waals surface area contributed by atoms with Crippen LogP contribution in [0, 0.1) is 25.2 Å². The van der Waals surface area contributed by atoms with Crippen LogP contribution in [0.15, 0.2) is 35.9 Å². The van der Waals surface area contributed by atoms with E-state index in [0.717, 1.165) is 29.1 Å². The van der Waals surface area contributed by atoms with Crippen molar-refractivity contribution in [2.45, 2.75) is 33.0 Å². The van der Waals surface area contributed by atoms with Crippen LogP contribution in [0.5, 0.6) is 5.75 Å². The quantitative estimate of drug-likeness (QED) is 0.349. The van der Waals surface area contributed by atoms with Crippen molar-refractivity contribution in [3.63, 3.8) is 0 Å². The van der Waals surface area contributed by atoms with Crippen molar-refractivity contribution in [3.05, 3.63) is 58.4 Å². The Kier molecular flexibility index (Phi) is 8.49. The van der Waals surface area contributed by atoms with Gasteiger partial charge in [-0.05, 0) is 56.7 Å². The highest BCUT2D eigenvalue weighted by Gasteiger charge is 2.30. The first-order valence-corrected chi connectivity index (χ1v) is 9.96. The molecule has 0 saturated heterocycles. The number of hydrogen-bond acceptors (Lipinski definition) is 4. The third kappa shape index (κ3) is 6.37. The zero-order valence-electron chi connectivity index (χ0n) is 18.4. The van der Waals surface area contributed by atoms with Gasteiger partial charge in [0.2, 0.25) is 0 Å². The number of aromatic nitrogens is 1. The monoisotopic (exact) mass is 449 g/mol. The number of nitrogens with zero attached hydrogens (tertiary/aromatic N) is 2. The van der Waals surface area contributed by atoms with Crippen molar-refractivity contribution in [1.82, 2.24) is 9.88 Å². The fraction of sp³-hybridized carbons (Fsp3) is 0.391. The van der Waals surface area contributed by atoms with Gasteiger partial charge in [-0.1, -0.05) is 6.07 Å². The number of amides is 1. The molecule has 1 N–H and O–H groups in total. The van der Waals surface area contributed by atoms with Crippen LogP contribution in [0.2, 0.25) is 0 Å². The third-order valence-corrected chi connectivity index (χ3v) is 4.85. The number of methoxy groups -OCH3 is 1. The molecule has 0 fully saturated rings. The molecule has 1 amide bonds. The fourth-order valence-electron chi connectivity index (χ4n) is 3.44. The predicted octanol–water partition coefficient (Wildman–Crippen LogP) is 4.43. The average Bonchev–Trinajstić information content (AvgIpc) is 3.02. The van der Waals surface area contributed by atoms with E-state index in [1.54, 1.807) is 7.11 Å². The van der Waals surface area contributed by atoms with Gasteiger partial charge in [-0.15, -0.1) is 0 Å². The number of alkyl halides is 3. The standard InChI is InChI=1S/C23H26F3N3O3/c1-15-10-18(17(3)29(15)16(2)14-31-4)11-19(13-27)22(30)28-8-9-32-21-7-5-6-20(12-21)23(24,25)26/h5-7,10-12,16H,8-9,14H2,1-4H3,(H,28,30)/b19-11-. The van der Waals surface area contributed by atoms with E-state index in [4.69, 9.17) is 9.47 Å². The molecular weight excluding hydrogens is 423 g/mol. The van der Waals surface area contributed by atoms with Crippen molar-refractivity contribution < 1.29 is 27.4 Å². The minimum atomic E-state index is -4.46. The third-order valence-electron chi connectivity index (χ3n) is 4.85. The summed E-state index contributed by atoms with van der Waals surface area (Å²) in [6.45, 7) is 6.36. The van der Waals surface area contributed by atoms with Crippen LogP contribution in [-0.4, -0.2) is 37.3 Å². The molecule has 0 radical (unpaired) electrons. The molecule has 1 unspecified atom stereocenters. The summed E-state index contributed by atoms with van der Waals surface area (Å²) < 4.78 is 50.8. The minimum absolute atomic E-state index is 0.0258. The van der Waals surface area contributed by atoms with E-state index in [1.165, 1.54) is 18.2 Å². The predicted molar refractivity (Wildman–Crippen MR) is 114 cm³/mol. The van der Waals surface area contributed by atoms with Crippen LogP contribution in [0.1, 0.15) is 35.5 Å². The number of benzene rings is 1. The van der Waals surface area contributed by atoms with E-state index in [0.29, 0.717) is 6.61 Å². The first-order valence-electron chi connectivity index (χ1n) is 9.96. The van der Waals surface area contributed by atoms with E-state index in [9.17, 15) is 23.2 Å². The summed E-state index contributed by atoms with van der Waals surface area (Å²) in [7, 11) is 1.63. The molecule has 0 spiro atoms. The topological polar surface area (TPSA) is 76.3 Å². The SMILES string of the molecule is COCC(C)n1c(C)cc(/C=C(/C#N)C(=O)NCCOc2cccc(C(F)(F)F)c2)c1C. The molecule has 9 heteroatoms. The summed E-state index contributed by atoms with van der Waals surface area (Å²) in [6, 6.07) is 8.37. The van der Waals surface area contributed by atoms with E-state index >= 15 is 0 Å². The van der Waals surface area contributed by atoms with Gasteiger partial charge in [0.05, 0.1) is 24.8 Å². The number of nitrogens with one attached hydrogen (secondary N) is 1. The lowest BCUT2D eigenvalue weighted by Crippen LogP contribution is -2.29. The Bertz CT molecular complexity index is 1020. The van der Waals surface area contributed by atoms with E-state index < -0.39 is 17.6 Å². The Balaban J connectivity index is 2.00. The molecule has 1 heterocycles. The lowest BCUT2D eigenvalue weighted by molar-refractivity contribution is -0.137. The maximum absolute atomic E-state index is 12.7. The van der Waals surface area contributed by atoms with Gasteiger partial charge in [-0.25, -0.2) is 0 Å². The number of ether oxygens (including phenoxy) is 2. The molecule has 0 aliphatic heterocycles. The molecule has 1 aromatic carbocycles. The average molecular weight is 449 g/mol. The first kappa shape index (κ1) is 25.0. The Morgan fingerprint density at radius 1 is 1.31 bits per heavy atom. The molecule has 1 atom stereocenters. The van der Waals surface area contributed by atoms with Gasteiger partial charge in [0.15, 0.2) is 0 Å². The largest absolute Gasteiger partial charge is 0.492 e. The minimum Gasteiger partial charge on any atom is -0.492 e. The first-order chi connectivity index (χ1) is 15.1. The Labute approximate surface area is 185 Å². The second-order valence-corrected chi connectivity index (χ2v) is 7.30. The summed E-state index contributed by atoms with van der Waals surface area (Å²) >= 11 is 0. The Hall–Kier alpha value is -3.25. The maximum Gasteiger partial charge on any atom is 0.416 e. The van der Waals surface area contributed by atoms with Crippen molar-refractivity contribution in [3.8, 4) is 11.8 Å². The lowest BCUT2D eigenvalue weighted by Gasteiger charge is -2.17. The summed E-state index contributed by atoms with van der Waals surface area (Å²) in [5.74, 6) is -0.544. The van der Waals surface area contributed by atoms with Crippen LogP contribution in [0.4, 0.5) is 13.2 Å². The highest BCUT2D eigenvalue weighted by atomic mass is 19.4. The van der Waals surface area contributed by atoms with E-state index in [-0.39, 0.29) is 30.5 Å². The normalized spacial score (nSPS) is 12.9. The van der Waals surface area contributed by atoms with Gasteiger partial charge in [0.1, 0.15) is 24.0 Å². The number of halogens is 3. The van der Waals surface area contributed by atoms with Gasteiger partial charge in [-0.3, -0.25) is 4.79 Å². The number of rotatable bonds is 9. The summed E-state index contributed by atoms with van der Waals surface area (Å²) in [5.41, 5.74) is 1.73. The molecule has 0 bridgehead atoms. The van der Waals surface area contributed by atoms with Crippen LogP contribution in [0.25, 0.3) is 6.08 Å². The highest BCUT2D eigenvalue weighted by Crippen LogP contribution is 2.31. The van der Waals surface area contributed by atoms with Crippen molar-refractivity contribution in [2.24, 2.45) is 0 Å². The van der Waals surface area contributed by atoms with Crippen molar-refractivity contribution in [2.75, 3.05) is 26.9 Å². The Morgan fingerprint density at radius 2 is 2.03 bits per heavy atom. The zero-order chi connectivity index (χ0) is 23.9. The molecule has 6 nitrogen and oxygen atoms in total. The van der Waals surface area contributed by atoms with Gasteiger partial charge < -0.3 is 19.4 Å². The molecule has 2 aromatic rings. The maximum atomic E-state index is 12.7. The van der Waals surface area contributed by atoms with Gasteiger partial charge in [0.25, 0.3) is 5.91 Å². The van der Waals surface area contributed by atoms with Crippen LogP contribution < -0.4 is 10.1 Å². The van der Waals surface area contributed by atoms with Crippen LogP contribution in [0.3, 0.4) is 0 Å². The number of carbonyl (C=O) groups excluding carboxylic acids is 1. The summed E-state index contributed by atoms with van der Waals surface area (Å²) in [5, 5.41) is 12.0. The Morgan fingerprint density at radius 3 is 2.66 bits per heavy atom. The molecule has 172 valence electrons. The van der Waals surface area contributed by atoms with Crippen LogP contribution >= 0.6 is 0 Å². The number of nitriles is 1. The van der Waals surface area contributed by atoms with Crippen molar-refractivity contribution >= 4 is 12.0 Å². The van der Waals surface area contributed by atoms with Gasteiger partial charge in [0, 0.05) is 18.5 Å². The van der Waals surface area contributed by atoms with E-state index in [2.05, 4.69) is 9.88 Å². The molecule has 1 aromatic heterocycles. The zero-order valence-corrected chi connectivity index (χ0v) is 18.4. The van der Waals surface area contributed by atoms with Gasteiger partial charge in [-0.2, -0.15) is 18.4 Å². The van der Waals surface area contributed by atoms with Gasteiger partial charge >= 0.3 is 6.18 Å².